The molecule has 2 aromatic carbocycles. The molecular formula is C22H28FN3O2. The van der Waals surface area contributed by atoms with Crippen LogP contribution in [-0.4, -0.2) is 57.2 Å². The van der Waals surface area contributed by atoms with Crippen LogP contribution in [-0.2, 0) is 11.2 Å². The van der Waals surface area contributed by atoms with E-state index in [1.54, 1.807) is 25.3 Å². The lowest BCUT2D eigenvalue weighted by atomic mass is 10.1. The molecule has 1 aliphatic heterocycles. The second-order valence-corrected chi connectivity index (χ2v) is 7.00. The molecule has 1 N–H and O–H groups in total. The number of nitrogens with zero attached hydrogens (tertiary/aromatic N) is 2. The van der Waals surface area contributed by atoms with Gasteiger partial charge in [0.25, 0.3) is 0 Å². The molecule has 1 amide bonds. The van der Waals surface area contributed by atoms with E-state index in [1.165, 1.54) is 11.8 Å². The zero-order valence-electron chi connectivity index (χ0n) is 16.4. The Kier molecular flexibility index (Phi) is 7.25. The van der Waals surface area contributed by atoms with Gasteiger partial charge in [-0.3, -0.25) is 9.69 Å². The first-order valence-corrected chi connectivity index (χ1v) is 9.77. The molecule has 0 bridgehead atoms. The van der Waals surface area contributed by atoms with E-state index in [9.17, 15) is 9.18 Å². The third-order valence-electron chi connectivity index (χ3n) is 5.09. The Labute approximate surface area is 166 Å². The summed E-state index contributed by atoms with van der Waals surface area (Å²) in [7, 11) is 1.68. The molecule has 0 saturated carbocycles. The van der Waals surface area contributed by atoms with Gasteiger partial charge in [-0.05, 0) is 48.9 Å². The molecule has 6 heteroatoms. The maximum atomic E-state index is 13.6. The van der Waals surface area contributed by atoms with Crippen molar-refractivity contribution in [1.29, 1.82) is 0 Å². The second-order valence-electron chi connectivity index (χ2n) is 7.00. The van der Waals surface area contributed by atoms with Gasteiger partial charge < -0.3 is 15.0 Å². The highest BCUT2D eigenvalue weighted by Crippen LogP contribution is 2.20. The van der Waals surface area contributed by atoms with E-state index in [4.69, 9.17) is 4.74 Å². The Balaban J connectivity index is 1.32. The van der Waals surface area contributed by atoms with E-state index >= 15 is 0 Å². The van der Waals surface area contributed by atoms with Gasteiger partial charge in [0.05, 0.1) is 13.5 Å². The normalized spacial score (nSPS) is 14.7. The Hall–Kier alpha value is -2.60. The SMILES string of the molecule is COc1ccc(N2CCN(CCCNC(=O)Cc3ccccc3F)CC2)cc1. The van der Waals surface area contributed by atoms with Crippen LogP contribution in [0.1, 0.15) is 12.0 Å². The Bertz CT molecular complexity index is 759. The fourth-order valence-electron chi connectivity index (χ4n) is 3.43. The molecule has 1 heterocycles. The fourth-order valence-corrected chi connectivity index (χ4v) is 3.43. The third kappa shape index (κ3) is 5.70. The summed E-state index contributed by atoms with van der Waals surface area (Å²) in [5.74, 6) is 0.418. The van der Waals surface area contributed by atoms with Gasteiger partial charge in [0.15, 0.2) is 0 Å². The van der Waals surface area contributed by atoms with Gasteiger partial charge in [0.1, 0.15) is 11.6 Å². The quantitative estimate of drug-likeness (QED) is 0.710. The summed E-state index contributed by atoms with van der Waals surface area (Å²) in [6, 6.07) is 14.6. The zero-order chi connectivity index (χ0) is 19.8. The second kappa shape index (κ2) is 10.1. The van der Waals surface area contributed by atoms with E-state index in [0.717, 1.165) is 44.9 Å². The highest BCUT2D eigenvalue weighted by atomic mass is 19.1. The van der Waals surface area contributed by atoms with Gasteiger partial charge in [-0.2, -0.15) is 0 Å². The number of amides is 1. The number of hydrogen-bond acceptors (Lipinski definition) is 4. The first-order valence-electron chi connectivity index (χ1n) is 9.77. The van der Waals surface area contributed by atoms with Gasteiger partial charge in [-0.15, -0.1) is 0 Å². The molecule has 0 radical (unpaired) electrons. The lowest BCUT2D eigenvalue weighted by molar-refractivity contribution is -0.120. The number of methoxy groups -OCH3 is 1. The highest BCUT2D eigenvalue weighted by Gasteiger charge is 2.17. The van der Waals surface area contributed by atoms with Crippen molar-refractivity contribution in [3.05, 3.63) is 59.9 Å². The number of ether oxygens (including phenoxy) is 1. The smallest absolute Gasteiger partial charge is 0.224 e. The maximum absolute atomic E-state index is 13.6. The number of nitrogens with one attached hydrogen (secondary N) is 1. The van der Waals surface area contributed by atoms with E-state index in [-0.39, 0.29) is 18.1 Å². The minimum atomic E-state index is -0.326. The van der Waals surface area contributed by atoms with Gasteiger partial charge in [-0.25, -0.2) is 4.39 Å². The largest absolute Gasteiger partial charge is 0.497 e. The average molecular weight is 385 g/mol. The van der Waals surface area contributed by atoms with Crippen LogP contribution in [0.3, 0.4) is 0 Å². The Morgan fingerprint density at radius 3 is 2.46 bits per heavy atom. The predicted molar refractivity (Wildman–Crippen MR) is 109 cm³/mol. The lowest BCUT2D eigenvalue weighted by Gasteiger charge is -2.36. The number of carbonyl (C=O) groups is 1. The van der Waals surface area contributed by atoms with Gasteiger partial charge in [-0.1, -0.05) is 18.2 Å². The molecule has 28 heavy (non-hydrogen) atoms. The Morgan fingerprint density at radius 2 is 1.79 bits per heavy atom. The first kappa shape index (κ1) is 20.1. The monoisotopic (exact) mass is 385 g/mol. The number of halogens is 1. The topological polar surface area (TPSA) is 44.8 Å². The van der Waals surface area contributed by atoms with Crippen LogP contribution >= 0.6 is 0 Å². The number of piperazine rings is 1. The number of rotatable bonds is 8. The summed E-state index contributed by atoms with van der Waals surface area (Å²) >= 11 is 0. The zero-order valence-corrected chi connectivity index (χ0v) is 16.4. The molecule has 3 rings (SSSR count). The number of anilines is 1. The molecule has 1 saturated heterocycles. The average Bonchev–Trinajstić information content (AvgIpc) is 2.73. The van der Waals surface area contributed by atoms with Gasteiger partial charge in [0.2, 0.25) is 5.91 Å². The van der Waals surface area contributed by atoms with E-state index in [1.807, 2.05) is 12.1 Å². The highest BCUT2D eigenvalue weighted by molar-refractivity contribution is 5.78. The summed E-state index contributed by atoms with van der Waals surface area (Å²) in [4.78, 5) is 16.8. The molecule has 1 aliphatic rings. The van der Waals surface area contributed by atoms with Gasteiger partial charge >= 0.3 is 0 Å². The lowest BCUT2D eigenvalue weighted by Crippen LogP contribution is -2.47. The Morgan fingerprint density at radius 1 is 1.07 bits per heavy atom. The van der Waals surface area contributed by atoms with Crippen molar-refractivity contribution < 1.29 is 13.9 Å². The van der Waals surface area contributed by atoms with Crippen LogP contribution in [0.4, 0.5) is 10.1 Å². The molecule has 0 aliphatic carbocycles. The van der Waals surface area contributed by atoms with Crippen LogP contribution in [0.15, 0.2) is 48.5 Å². The van der Waals surface area contributed by atoms with E-state index < -0.39 is 0 Å². The van der Waals surface area contributed by atoms with Crippen LogP contribution in [0, 0.1) is 5.82 Å². The van der Waals surface area contributed by atoms with Crippen molar-refractivity contribution in [2.45, 2.75) is 12.8 Å². The van der Waals surface area contributed by atoms with Crippen LogP contribution < -0.4 is 15.0 Å². The van der Waals surface area contributed by atoms with Gasteiger partial charge in [0, 0.05) is 38.4 Å². The van der Waals surface area contributed by atoms with Crippen molar-refractivity contribution in [3.63, 3.8) is 0 Å². The molecule has 0 aromatic heterocycles. The van der Waals surface area contributed by atoms with E-state index in [0.29, 0.717) is 12.1 Å². The molecule has 2 aromatic rings. The number of benzene rings is 2. The van der Waals surface area contributed by atoms with Crippen LogP contribution in [0.5, 0.6) is 5.75 Å². The molecule has 5 nitrogen and oxygen atoms in total. The molecule has 0 unspecified atom stereocenters. The summed E-state index contributed by atoms with van der Waals surface area (Å²) in [5, 5.41) is 2.89. The maximum Gasteiger partial charge on any atom is 0.224 e. The minimum absolute atomic E-state index is 0.0905. The standard InChI is InChI=1S/C22H28FN3O2/c1-28-20-9-7-19(8-10-20)26-15-13-25(14-16-26)12-4-11-24-22(27)17-18-5-2-3-6-21(18)23/h2-3,5-10H,4,11-17H2,1H3,(H,24,27). The molecule has 150 valence electrons. The summed E-state index contributed by atoms with van der Waals surface area (Å²) < 4.78 is 18.8. The number of hydrogen-bond donors (Lipinski definition) is 1. The van der Waals surface area contributed by atoms with Crippen LogP contribution in [0.25, 0.3) is 0 Å². The number of carbonyl (C=O) groups excluding carboxylic acids is 1. The minimum Gasteiger partial charge on any atom is -0.497 e. The van der Waals surface area contributed by atoms with Crippen molar-refractivity contribution >= 4 is 11.6 Å². The van der Waals surface area contributed by atoms with Crippen molar-refractivity contribution in [2.75, 3.05) is 51.3 Å². The molecular weight excluding hydrogens is 357 g/mol. The summed E-state index contributed by atoms with van der Waals surface area (Å²) in [6.45, 7) is 5.57. The first-order chi connectivity index (χ1) is 13.7. The third-order valence-corrected chi connectivity index (χ3v) is 5.09. The fraction of sp³-hybridized carbons (Fsp3) is 0.409. The van der Waals surface area contributed by atoms with Crippen molar-refractivity contribution in [1.82, 2.24) is 10.2 Å². The van der Waals surface area contributed by atoms with E-state index in [2.05, 4.69) is 27.2 Å². The summed E-state index contributed by atoms with van der Waals surface area (Å²) in [6.07, 6.45) is 0.985. The molecule has 0 spiro atoms. The van der Waals surface area contributed by atoms with Crippen molar-refractivity contribution in [3.8, 4) is 5.75 Å². The molecule has 1 fully saturated rings. The molecule has 0 atom stereocenters. The van der Waals surface area contributed by atoms with Crippen LogP contribution in [0.2, 0.25) is 0 Å². The van der Waals surface area contributed by atoms with Crippen molar-refractivity contribution in [2.24, 2.45) is 0 Å². The predicted octanol–water partition coefficient (Wildman–Crippen LogP) is 2.71. The summed E-state index contributed by atoms with van der Waals surface area (Å²) in [5.41, 5.74) is 1.66.